The normalized spacial score (nSPS) is 40.7. The number of ether oxygens (including phenoxy) is 1. The largest absolute Gasteiger partial charge is 0.458 e. The van der Waals surface area contributed by atoms with Crippen LogP contribution in [0.2, 0.25) is 0 Å². The number of hydrogen-bond acceptors (Lipinski definition) is 6. The number of esters is 1. The molecule has 0 saturated heterocycles. The van der Waals surface area contributed by atoms with Gasteiger partial charge in [-0.25, -0.2) is 4.79 Å². The Balaban J connectivity index is 3.17. The van der Waals surface area contributed by atoms with Crippen molar-refractivity contribution in [3.63, 3.8) is 0 Å². The molecule has 4 N–H and O–H groups in total. The molecule has 1 aliphatic rings. The molecule has 0 aromatic heterocycles. The molecule has 0 aromatic rings. The summed E-state index contributed by atoms with van der Waals surface area (Å²) in [5.41, 5.74) is 0. The Morgan fingerprint density at radius 2 is 1.61 bits per heavy atom. The van der Waals surface area contributed by atoms with Gasteiger partial charge in [0.2, 0.25) is 0 Å². The predicted molar refractivity (Wildman–Crippen MR) is 154 cm³/mol. The molecule has 0 saturated carbocycles. The van der Waals surface area contributed by atoms with Crippen molar-refractivity contribution in [1.82, 2.24) is 0 Å². The molecular formula is C32H52O6. The van der Waals surface area contributed by atoms with Gasteiger partial charge in [-0.05, 0) is 31.1 Å². The van der Waals surface area contributed by atoms with Gasteiger partial charge < -0.3 is 25.2 Å². The smallest absolute Gasteiger partial charge is 0.331 e. The maximum atomic E-state index is 12.6. The summed E-state index contributed by atoms with van der Waals surface area (Å²) in [7, 11) is 0. The van der Waals surface area contributed by atoms with Crippen LogP contribution in [0.1, 0.15) is 67.2 Å². The van der Waals surface area contributed by atoms with Crippen molar-refractivity contribution < 1.29 is 30.0 Å². The van der Waals surface area contributed by atoms with Gasteiger partial charge in [0.1, 0.15) is 6.10 Å². The van der Waals surface area contributed by atoms with E-state index >= 15 is 0 Å². The highest BCUT2D eigenvalue weighted by atomic mass is 16.5. The third-order valence-electron chi connectivity index (χ3n) is 7.78. The Morgan fingerprint density at radius 1 is 0.921 bits per heavy atom. The molecule has 11 atom stereocenters. The summed E-state index contributed by atoms with van der Waals surface area (Å²) in [6.45, 7) is 15.5. The van der Waals surface area contributed by atoms with E-state index in [1.807, 2.05) is 52.8 Å². The minimum atomic E-state index is -0.828. The van der Waals surface area contributed by atoms with E-state index in [4.69, 9.17) is 4.74 Å². The van der Waals surface area contributed by atoms with Crippen LogP contribution in [-0.4, -0.2) is 56.9 Å². The van der Waals surface area contributed by atoms with Gasteiger partial charge in [0, 0.05) is 36.2 Å². The SMILES string of the molecule is C=C/C=C\[C@H](C)[C@@H]1OC(=O)/C=C\C=C\[C@@H](C)[C@@H](O)C[C@H](O)/C=C\[C@H](C)[C@H](O)[C@@H](C)C[C@@H](C)CC[C@H](O)[C@@H]1C. The van der Waals surface area contributed by atoms with Crippen molar-refractivity contribution in [2.75, 3.05) is 0 Å². The summed E-state index contributed by atoms with van der Waals surface area (Å²) in [4.78, 5) is 12.6. The summed E-state index contributed by atoms with van der Waals surface area (Å²) >= 11 is 0. The van der Waals surface area contributed by atoms with Gasteiger partial charge in [-0.1, -0.05) is 96.7 Å². The van der Waals surface area contributed by atoms with E-state index in [1.54, 1.807) is 30.4 Å². The fraction of sp³-hybridized carbons (Fsp3) is 0.656. The minimum Gasteiger partial charge on any atom is -0.458 e. The molecule has 0 aromatic carbocycles. The monoisotopic (exact) mass is 532 g/mol. The highest BCUT2D eigenvalue weighted by Crippen LogP contribution is 2.28. The lowest BCUT2D eigenvalue weighted by molar-refractivity contribution is -0.150. The van der Waals surface area contributed by atoms with Crippen molar-refractivity contribution in [3.8, 4) is 0 Å². The summed E-state index contributed by atoms with van der Waals surface area (Å²) in [6, 6.07) is 0. The zero-order chi connectivity index (χ0) is 28.8. The standard InChI is InChI=1S/C32H52O6/c1-8-9-12-24(5)32-26(7)28(34)18-15-21(2)19-25(6)31(37)23(4)16-17-27(33)20-29(35)22(3)13-10-11-14-30(36)38-32/h8-14,16-17,21-29,31-35,37H,1,15,18-20H2,2-7H3/b12-9-,13-10+,14-11-,17-16-/t21-,22+,23-,24-,25-,26-,27+,28-,29-,31-,32-/m0/s1. The van der Waals surface area contributed by atoms with E-state index in [-0.39, 0.29) is 41.9 Å². The average Bonchev–Trinajstić information content (AvgIpc) is 2.88. The topological polar surface area (TPSA) is 107 Å². The number of aliphatic hydroxyl groups excluding tert-OH is 4. The van der Waals surface area contributed by atoms with Gasteiger partial charge in [0.05, 0.1) is 24.4 Å². The van der Waals surface area contributed by atoms with Gasteiger partial charge in [-0.3, -0.25) is 0 Å². The van der Waals surface area contributed by atoms with Crippen LogP contribution in [0.15, 0.2) is 61.3 Å². The predicted octanol–water partition coefficient (Wildman–Crippen LogP) is 5.14. The van der Waals surface area contributed by atoms with Crippen LogP contribution in [0.5, 0.6) is 0 Å². The van der Waals surface area contributed by atoms with Gasteiger partial charge in [0.25, 0.3) is 0 Å². The molecule has 0 radical (unpaired) electrons. The molecule has 0 spiro atoms. The van der Waals surface area contributed by atoms with Crippen molar-refractivity contribution in [2.24, 2.45) is 35.5 Å². The zero-order valence-electron chi connectivity index (χ0n) is 24.2. The lowest BCUT2D eigenvalue weighted by atomic mass is 9.82. The van der Waals surface area contributed by atoms with E-state index in [0.717, 1.165) is 12.8 Å². The second kappa shape index (κ2) is 17.6. The molecule has 38 heavy (non-hydrogen) atoms. The van der Waals surface area contributed by atoms with E-state index < -0.39 is 36.5 Å². The van der Waals surface area contributed by atoms with Gasteiger partial charge in [-0.15, -0.1) is 0 Å². The quantitative estimate of drug-likeness (QED) is 0.228. The number of rotatable bonds is 3. The molecule has 1 aliphatic heterocycles. The Kier molecular flexibility index (Phi) is 15.7. The molecule has 0 bridgehead atoms. The molecule has 6 nitrogen and oxygen atoms in total. The molecular weight excluding hydrogens is 480 g/mol. The highest BCUT2D eigenvalue weighted by molar-refractivity contribution is 5.82. The van der Waals surface area contributed by atoms with Gasteiger partial charge >= 0.3 is 5.97 Å². The first-order valence-corrected chi connectivity index (χ1v) is 14.1. The second-order valence-corrected chi connectivity index (χ2v) is 11.4. The van der Waals surface area contributed by atoms with Crippen LogP contribution in [0.4, 0.5) is 0 Å². The third kappa shape index (κ3) is 12.2. The first kappa shape index (κ1) is 34.0. The number of carbonyl (C=O) groups excluding carboxylic acids is 1. The molecule has 0 aliphatic carbocycles. The van der Waals surface area contributed by atoms with E-state index in [0.29, 0.717) is 6.42 Å². The molecule has 0 amide bonds. The average molecular weight is 533 g/mol. The number of hydrogen-bond donors (Lipinski definition) is 4. The van der Waals surface area contributed by atoms with Gasteiger partial charge in [0.15, 0.2) is 0 Å². The number of carbonyl (C=O) groups is 1. The molecule has 6 heteroatoms. The van der Waals surface area contributed by atoms with Crippen molar-refractivity contribution in [3.05, 3.63) is 61.3 Å². The molecule has 1 heterocycles. The Labute approximate surface area is 230 Å². The van der Waals surface area contributed by atoms with E-state index in [2.05, 4.69) is 13.5 Å². The van der Waals surface area contributed by atoms with E-state index in [1.165, 1.54) is 6.08 Å². The maximum absolute atomic E-state index is 12.6. The summed E-state index contributed by atoms with van der Waals surface area (Å²) in [5.74, 6) is -0.976. The summed E-state index contributed by atoms with van der Waals surface area (Å²) < 4.78 is 5.81. The van der Waals surface area contributed by atoms with Crippen molar-refractivity contribution in [2.45, 2.75) is 97.7 Å². The lowest BCUT2D eigenvalue weighted by Crippen LogP contribution is -2.37. The van der Waals surface area contributed by atoms with Crippen molar-refractivity contribution in [1.29, 1.82) is 0 Å². The lowest BCUT2D eigenvalue weighted by Gasteiger charge is -2.31. The number of cyclic esters (lactones) is 1. The van der Waals surface area contributed by atoms with Crippen LogP contribution in [-0.2, 0) is 9.53 Å². The van der Waals surface area contributed by atoms with Crippen LogP contribution in [0.25, 0.3) is 0 Å². The Hall–Kier alpha value is -1.99. The minimum absolute atomic E-state index is 0.0366. The van der Waals surface area contributed by atoms with E-state index in [9.17, 15) is 25.2 Å². The van der Waals surface area contributed by atoms with Crippen LogP contribution in [0.3, 0.4) is 0 Å². The Bertz CT molecular complexity index is 815. The van der Waals surface area contributed by atoms with Crippen LogP contribution >= 0.6 is 0 Å². The first-order chi connectivity index (χ1) is 17.9. The van der Waals surface area contributed by atoms with Crippen LogP contribution < -0.4 is 0 Å². The fourth-order valence-corrected chi connectivity index (χ4v) is 5.04. The molecule has 0 unspecified atom stereocenters. The Morgan fingerprint density at radius 3 is 2.26 bits per heavy atom. The summed E-state index contributed by atoms with van der Waals surface area (Å²) in [6.07, 6.45) is 14.2. The van der Waals surface area contributed by atoms with Crippen molar-refractivity contribution >= 4 is 5.97 Å². The fourth-order valence-electron chi connectivity index (χ4n) is 5.04. The molecule has 216 valence electrons. The number of allylic oxidation sites excluding steroid dienone is 4. The molecule has 1 rings (SSSR count). The maximum Gasteiger partial charge on any atom is 0.331 e. The summed E-state index contributed by atoms with van der Waals surface area (Å²) in [5, 5.41) is 42.7. The highest BCUT2D eigenvalue weighted by Gasteiger charge is 2.31. The zero-order valence-corrected chi connectivity index (χ0v) is 24.2. The van der Waals surface area contributed by atoms with Crippen LogP contribution in [0, 0.1) is 35.5 Å². The second-order valence-electron chi connectivity index (χ2n) is 11.4. The van der Waals surface area contributed by atoms with Gasteiger partial charge in [-0.2, -0.15) is 0 Å². The number of aliphatic hydroxyl groups is 4. The first-order valence-electron chi connectivity index (χ1n) is 14.1. The third-order valence-corrected chi connectivity index (χ3v) is 7.78. The molecule has 0 fully saturated rings.